The summed E-state index contributed by atoms with van der Waals surface area (Å²) in [5, 5.41) is 4.01. The van der Waals surface area contributed by atoms with Crippen molar-refractivity contribution in [2.75, 3.05) is 0 Å². The van der Waals surface area contributed by atoms with E-state index in [0.29, 0.717) is 0 Å². The Morgan fingerprint density at radius 1 is 1.18 bits per heavy atom. The molecule has 2 aromatic rings. The molecule has 0 atom stereocenters. The highest BCUT2D eigenvalue weighted by molar-refractivity contribution is 7.08. The van der Waals surface area contributed by atoms with Crippen LogP contribution in [-0.2, 0) is 0 Å². The standard InChI is InChI=1S/C7H5N3S/c1-2-11-3-6(1)7-9-4-8-5-10-7/h1-5H. The van der Waals surface area contributed by atoms with E-state index < -0.39 is 0 Å². The number of rotatable bonds is 1. The third-order valence-electron chi connectivity index (χ3n) is 1.27. The third kappa shape index (κ3) is 1.25. The van der Waals surface area contributed by atoms with E-state index in [1.54, 1.807) is 11.3 Å². The molecule has 3 nitrogen and oxygen atoms in total. The van der Waals surface area contributed by atoms with Crippen LogP contribution < -0.4 is 0 Å². The van der Waals surface area contributed by atoms with Gasteiger partial charge in [-0.3, -0.25) is 0 Å². The van der Waals surface area contributed by atoms with Gasteiger partial charge in [0.25, 0.3) is 0 Å². The SMILES string of the molecule is c1ncnc(-c2ccsc2)n1. The minimum atomic E-state index is 0.737. The molecule has 0 aliphatic rings. The fourth-order valence-corrected chi connectivity index (χ4v) is 1.41. The highest BCUT2D eigenvalue weighted by Crippen LogP contribution is 2.15. The molecule has 0 aliphatic carbocycles. The van der Waals surface area contributed by atoms with Gasteiger partial charge in [0.05, 0.1) is 0 Å². The van der Waals surface area contributed by atoms with E-state index in [1.807, 2.05) is 16.8 Å². The largest absolute Gasteiger partial charge is 0.225 e. The van der Waals surface area contributed by atoms with Gasteiger partial charge in [-0.25, -0.2) is 15.0 Å². The fraction of sp³-hybridized carbons (Fsp3) is 0. The molecule has 2 aromatic heterocycles. The Labute approximate surface area is 67.8 Å². The summed E-state index contributed by atoms with van der Waals surface area (Å²) < 4.78 is 0. The molecule has 0 radical (unpaired) electrons. The molecule has 0 fully saturated rings. The van der Waals surface area contributed by atoms with Gasteiger partial charge in [-0.05, 0) is 11.4 Å². The van der Waals surface area contributed by atoms with E-state index in [1.165, 1.54) is 12.7 Å². The van der Waals surface area contributed by atoms with Crippen molar-refractivity contribution in [1.82, 2.24) is 15.0 Å². The molecule has 0 saturated heterocycles. The Morgan fingerprint density at radius 3 is 2.64 bits per heavy atom. The van der Waals surface area contributed by atoms with Gasteiger partial charge in [0.15, 0.2) is 5.82 Å². The predicted molar refractivity (Wildman–Crippen MR) is 43.1 cm³/mol. The van der Waals surface area contributed by atoms with Crippen LogP contribution in [-0.4, -0.2) is 15.0 Å². The van der Waals surface area contributed by atoms with Crippen LogP contribution in [0.3, 0.4) is 0 Å². The molecular weight excluding hydrogens is 158 g/mol. The zero-order valence-corrected chi connectivity index (χ0v) is 6.45. The van der Waals surface area contributed by atoms with Crippen LogP contribution in [0.5, 0.6) is 0 Å². The molecule has 54 valence electrons. The van der Waals surface area contributed by atoms with Crippen molar-refractivity contribution in [3.63, 3.8) is 0 Å². The molecule has 0 saturated carbocycles. The second-order valence-electron chi connectivity index (χ2n) is 1.97. The topological polar surface area (TPSA) is 38.7 Å². The van der Waals surface area contributed by atoms with Gasteiger partial charge in [-0.15, -0.1) is 0 Å². The number of aromatic nitrogens is 3. The van der Waals surface area contributed by atoms with Crippen molar-refractivity contribution in [2.45, 2.75) is 0 Å². The molecule has 2 rings (SSSR count). The molecule has 11 heavy (non-hydrogen) atoms. The molecule has 0 amide bonds. The summed E-state index contributed by atoms with van der Waals surface area (Å²) in [6, 6.07) is 1.99. The first-order valence-corrected chi connectivity index (χ1v) is 4.05. The first-order valence-electron chi connectivity index (χ1n) is 3.11. The number of nitrogens with zero attached hydrogens (tertiary/aromatic N) is 3. The van der Waals surface area contributed by atoms with Gasteiger partial charge in [0.1, 0.15) is 12.7 Å². The summed E-state index contributed by atoms with van der Waals surface area (Å²) in [7, 11) is 0. The van der Waals surface area contributed by atoms with Crippen LogP contribution in [0.15, 0.2) is 29.5 Å². The van der Waals surface area contributed by atoms with Crippen molar-refractivity contribution >= 4 is 11.3 Å². The predicted octanol–water partition coefficient (Wildman–Crippen LogP) is 1.60. The molecule has 4 heteroatoms. The summed E-state index contributed by atoms with van der Waals surface area (Å²) >= 11 is 1.63. The minimum Gasteiger partial charge on any atom is -0.225 e. The van der Waals surface area contributed by atoms with Crippen molar-refractivity contribution in [3.05, 3.63) is 29.5 Å². The van der Waals surface area contributed by atoms with E-state index in [0.717, 1.165) is 11.4 Å². The first-order chi connectivity index (χ1) is 5.47. The summed E-state index contributed by atoms with van der Waals surface area (Å²) in [6.45, 7) is 0. The van der Waals surface area contributed by atoms with Crippen LogP contribution in [0, 0.1) is 0 Å². The van der Waals surface area contributed by atoms with Crippen LogP contribution >= 0.6 is 11.3 Å². The Kier molecular flexibility index (Phi) is 1.61. The van der Waals surface area contributed by atoms with Crippen molar-refractivity contribution in [1.29, 1.82) is 0 Å². The minimum absolute atomic E-state index is 0.737. The Hall–Kier alpha value is -1.29. The monoisotopic (exact) mass is 163 g/mol. The van der Waals surface area contributed by atoms with Crippen LogP contribution in [0.4, 0.5) is 0 Å². The lowest BCUT2D eigenvalue weighted by Crippen LogP contribution is -1.85. The highest BCUT2D eigenvalue weighted by atomic mass is 32.1. The molecule has 0 unspecified atom stereocenters. The average molecular weight is 163 g/mol. The van der Waals surface area contributed by atoms with Crippen LogP contribution in [0.25, 0.3) is 11.4 Å². The lowest BCUT2D eigenvalue weighted by molar-refractivity contribution is 1.06. The smallest absolute Gasteiger partial charge is 0.163 e. The zero-order chi connectivity index (χ0) is 7.52. The lowest BCUT2D eigenvalue weighted by Gasteiger charge is -1.90. The number of thiophene rings is 1. The van der Waals surface area contributed by atoms with Crippen molar-refractivity contribution in [2.24, 2.45) is 0 Å². The van der Waals surface area contributed by atoms with E-state index in [9.17, 15) is 0 Å². The molecule has 0 N–H and O–H groups in total. The molecule has 0 spiro atoms. The van der Waals surface area contributed by atoms with Gasteiger partial charge < -0.3 is 0 Å². The summed E-state index contributed by atoms with van der Waals surface area (Å²) in [4.78, 5) is 11.7. The van der Waals surface area contributed by atoms with Crippen LogP contribution in [0.2, 0.25) is 0 Å². The molecule has 2 heterocycles. The van der Waals surface area contributed by atoms with Crippen molar-refractivity contribution in [3.8, 4) is 11.4 Å². The van der Waals surface area contributed by atoms with Crippen molar-refractivity contribution < 1.29 is 0 Å². The van der Waals surface area contributed by atoms with Gasteiger partial charge in [-0.1, -0.05) is 0 Å². The third-order valence-corrected chi connectivity index (χ3v) is 1.96. The maximum Gasteiger partial charge on any atom is 0.163 e. The first kappa shape index (κ1) is 6.42. The highest BCUT2D eigenvalue weighted by Gasteiger charge is 1.97. The lowest BCUT2D eigenvalue weighted by atomic mass is 10.3. The molecular formula is C7H5N3S. The van der Waals surface area contributed by atoms with E-state index in [2.05, 4.69) is 15.0 Å². The average Bonchev–Trinajstić information content (AvgIpc) is 2.58. The molecule has 0 aromatic carbocycles. The van der Waals surface area contributed by atoms with Gasteiger partial charge in [0, 0.05) is 10.9 Å². The number of hydrogen-bond acceptors (Lipinski definition) is 4. The van der Waals surface area contributed by atoms with E-state index in [4.69, 9.17) is 0 Å². The normalized spacial score (nSPS) is 9.82. The Balaban J connectivity index is 2.46. The maximum absolute atomic E-state index is 4.01. The molecule has 0 aliphatic heterocycles. The Bertz CT molecular complexity index is 317. The number of hydrogen-bond donors (Lipinski definition) is 0. The van der Waals surface area contributed by atoms with Gasteiger partial charge in [-0.2, -0.15) is 11.3 Å². The summed E-state index contributed by atoms with van der Waals surface area (Å²) in [6.07, 6.45) is 3.00. The second-order valence-corrected chi connectivity index (χ2v) is 2.75. The zero-order valence-electron chi connectivity index (χ0n) is 5.64. The summed E-state index contributed by atoms with van der Waals surface area (Å²) in [5.41, 5.74) is 1.05. The molecule has 0 bridgehead atoms. The Morgan fingerprint density at radius 2 is 2.00 bits per heavy atom. The van der Waals surface area contributed by atoms with Gasteiger partial charge in [0.2, 0.25) is 0 Å². The summed E-state index contributed by atoms with van der Waals surface area (Å²) in [5.74, 6) is 0.737. The fourth-order valence-electron chi connectivity index (χ4n) is 0.780. The van der Waals surface area contributed by atoms with E-state index in [-0.39, 0.29) is 0 Å². The van der Waals surface area contributed by atoms with Gasteiger partial charge >= 0.3 is 0 Å². The maximum atomic E-state index is 4.01. The second kappa shape index (κ2) is 2.75. The van der Waals surface area contributed by atoms with E-state index >= 15 is 0 Å². The van der Waals surface area contributed by atoms with Crippen LogP contribution in [0.1, 0.15) is 0 Å². The quantitative estimate of drug-likeness (QED) is 0.641.